The predicted molar refractivity (Wildman–Crippen MR) is 199 cm³/mol. The molecular weight excluding hydrogens is 629 g/mol. The maximum Gasteiger partial charge on any atom is 0.268 e. The molecule has 6 aromatic rings. The van der Waals surface area contributed by atoms with Crippen LogP contribution in [0.15, 0.2) is 126 Å². The highest BCUT2D eigenvalue weighted by molar-refractivity contribution is 7.90. The Kier molecular flexibility index (Phi) is 8.99. The maximum atomic E-state index is 13.4. The molecule has 0 aliphatic carbocycles. The number of benzene rings is 4. The van der Waals surface area contributed by atoms with E-state index in [2.05, 4.69) is 91.0 Å². The number of anilines is 1. The quantitative estimate of drug-likeness (QED) is 0.183. The van der Waals surface area contributed by atoms with Gasteiger partial charge in [-0.25, -0.2) is 12.4 Å². The minimum Gasteiger partial charge on any atom is -0.368 e. The molecule has 0 radical (unpaired) electrons. The van der Waals surface area contributed by atoms with Crippen LogP contribution in [0.2, 0.25) is 0 Å². The van der Waals surface area contributed by atoms with Crippen LogP contribution in [0.5, 0.6) is 0 Å². The van der Waals surface area contributed by atoms with Gasteiger partial charge in [-0.1, -0.05) is 66.7 Å². The molecule has 4 aromatic carbocycles. The largest absolute Gasteiger partial charge is 0.368 e. The van der Waals surface area contributed by atoms with Gasteiger partial charge >= 0.3 is 0 Å². The Morgan fingerprint density at radius 3 is 1.86 bits per heavy atom. The summed E-state index contributed by atoms with van der Waals surface area (Å²) in [6, 6.07) is 36.3. The third kappa shape index (κ3) is 6.64. The molecule has 0 bridgehead atoms. The van der Waals surface area contributed by atoms with Gasteiger partial charge in [-0.2, -0.15) is 0 Å². The lowest BCUT2D eigenvalue weighted by Gasteiger charge is -2.39. The predicted octanol–water partition coefficient (Wildman–Crippen LogP) is 5.82. The monoisotopic (exact) mass is 672 g/mol. The van der Waals surface area contributed by atoms with Gasteiger partial charge in [0.15, 0.2) is 0 Å². The zero-order chi connectivity index (χ0) is 33.2. The number of hydrogen-bond donors (Lipinski definition) is 0. The second-order valence-electron chi connectivity index (χ2n) is 13.4. The van der Waals surface area contributed by atoms with Crippen LogP contribution in [0, 0.1) is 0 Å². The summed E-state index contributed by atoms with van der Waals surface area (Å²) in [5, 5.41) is 2.35. The molecule has 4 heterocycles. The summed E-state index contributed by atoms with van der Waals surface area (Å²) < 4.78 is 30.5. The van der Waals surface area contributed by atoms with Crippen LogP contribution < -0.4 is 4.90 Å². The van der Waals surface area contributed by atoms with E-state index in [0.717, 1.165) is 95.1 Å². The summed E-state index contributed by atoms with van der Waals surface area (Å²) in [7, 11) is -3.65. The fourth-order valence-electron chi connectivity index (χ4n) is 7.57. The first-order valence-corrected chi connectivity index (χ1v) is 18.9. The Bertz CT molecular complexity index is 2130. The average molecular weight is 673 g/mol. The van der Waals surface area contributed by atoms with E-state index < -0.39 is 10.0 Å². The van der Waals surface area contributed by atoms with E-state index in [-0.39, 0.29) is 0 Å². The van der Waals surface area contributed by atoms with Crippen molar-refractivity contribution in [3.8, 4) is 0 Å². The van der Waals surface area contributed by atoms with Crippen LogP contribution in [-0.2, 0) is 23.1 Å². The third-order valence-corrected chi connectivity index (χ3v) is 12.1. The molecule has 8 rings (SSSR count). The Labute approximate surface area is 289 Å². The van der Waals surface area contributed by atoms with Gasteiger partial charge in [0, 0.05) is 113 Å². The summed E-state index contributed by atoms with van der Waals surface area (Å²) in [5.74, 6) is 0. The first kappa shape index (κ1) is 31.8. The second kappa shape index (κ2) is 13.8. The molecule has 0 amide bonds. The van der Waals surface area contributed by atoms with Crippen LogP contribution in [0.25, 0.3) is 21.8 Å². The van der Waals surface area contributed by atoms with E-state index in [0.29, 0.717) is 4.90 Å². The SMILES string of the molecule is O=S(=O)(c1ccccc1)n1ccc2c(N3CCN(CCN4CCN(Cc5cccc6c5ccn6Cc5ccccc5)CC4)CC3)cccc21. The molecule has 2 saturated heterocycles. The van der Waals surface area contributed by atoms with Crippen molar-refractivity contribution in [2.24, 2.45) is 0 Å². The number of fused-ring (bicyclic) bond motifs is 2. The molecule has 252 valence electrons. The van der Waals surface area contributed by atoms with Crippen molar-refractivity contribution >= 4 is 37.5 Å². The first-order chi connectivity index (χ1) is 24.0. The highest BCUT2D eigenvalue weighted by Gasteiger charge is 2.24. The molecule has 9 heteroatoms. The lowest BCUT2D eigenvalue weighted by Crippen LogP contribution is -2.51. The van der Waals surface area contributed by atoms with E-state index in [1.165, 1.54) is 26.0 Å². The van der Waals surface area contributed by atoms with E-state index in [1.54, 1.807) is 30.5 Å². The summed E-state index contributed by atoms with van der Waals surface area (Å²) in [6.45, 7) is 12.4. The molecule has 2 aliphatic rings. The Morgan fingerprint density at radius 2 is 1.12 bits per heavy atom. The topological polar surface area (TPSA) is 57.0 Å². The minimum absolute atomic E-state index is 0.302. The molecule has 2 aliphatic heterocycles. The average Bonchev–Trinajstić information content (AvgIpc) is 3.78. The normalized spacial score (nSPS) is 16.9. The molecule has 2 aromatic heterocycles. The van der Waals surface area contributed by atoms with Gasteiger partial charge in [0.25, 0.3) is 10.0 Å². The van der Waals surface area contributed by atoms with Crippen molar-refractivity contribution in [1.82, 2.24) is 23.2 Å². The van der Waals surface area contributed by atoms with E-state index in [1.807, 2.05) is 24.3 Å². The van der Waals surface area contributed by atoms with Crippen molar-refractivity contribution < 1.29 is 8.42 Å². The Morgan fingerprint density at radius 1 is 0.510 bits per heavy atom. The summed E-state index contributed by atoms with van der Waals surface area (Å²) in [6.07, 6.45) is 3.92. The van der Waals surface area contributed by atoms with Crippen molar-refractivity contribution in [2.45, 2.75) is 18.0 Å². The highest BCUT2D eigenvalue weighted by Crippen LogP contribution is 2.31. The number of piperazine rings is 2. The van der Waals surface area contributed by atoms with Gasteiger partial charge in [0.05, 0.1) is 10.4 Å². The van der Waals surface area contributed by atoms with Crippen molar-refractivity contribution in [3.05, 3.63) is 133 Å². The standard InChI is InChI=1S/C40H44N6O2S/c47-49(48,35-12-5-2-6-13-35)46-20-18-37-39(15-8-16-40(37)46)44-29-27-42(28-30-44)22-21-41-23-25-43(26-24-41)32-34-11-7-14-38-36(34)17-19-45(38)31-33-9-3-1-4-10-33/h1-20H,21-32H2. The summed E-state index contributed by atoms with van der Waals surface area (Å²) in [4.78, 5) is 10.5. The smallest absolute Gasteiger partial charge is 0.268 e. The molecular formula is C40H44N6O2S. The van der Waals surface area contributed by atoms with Gasteiger partial charge in [-0.15, -0.1) is 0 Å². The molecule has 0 N–H and O–H groups in total. The van der Waals surface area contributed by atoms with Crippen molar-refractivity contribution in [1.29, 1.82) is 0 Å². The number of rotatable bonds is 10. The van der Waals surface area contributed by atoms with Crippen molar-refractivity contribution in [2.75, 3.05) is 70.3 Å². The molecule has 0 spiro atoms. The second-order valence-corrected chi connectivity index (χ2v) is 15.2. The van der Waals surface area contributed by atoms with E-state index in [9.17, 15) is 8.42 Å². The van der Waals surface area contributed by atoms with E-state index >= 15 is 0 Å². The molecule has 0 unspecified atom stereocenters. The number of hydrogen-bond acceptors (Lipinski definition) is 6. The lowest BCUT2D eigenvalue weighted by atomic mass is 10.1. The lowest BCUT2D eigenvalue weighted by molar-refractivity contribution is 0.113. The zero-order valence-electron chi connectivity index (χ0n) is 27.9. The molecule has 0 atom stereocenters. The van der Waals surface area contributed by atoms with E-state index in [4.69, 9.17) is 0 Å². The number of aromatic nitrogens is 2. The van der Waals surface area contributed by atoms with Gasteiger partial charge in [0.1, 0.15) is 0 Å². The third-order valence-electron chi connectivity index (χ3n) is 10.4. The summed E-state index contributed by atoms with van der Waals surface area (Å²) in [5.41, 5.74) is 5.89. The first-order valence-electron chi connectivity index (χ1n) is 17.5. The Hall–Kier alpha value is -4.41. The van der Waals surface area contributed by atoms with Crippen LogP contribution in [0.3, 0.4) is 0 Å². The van der Waals surface area contributed by atoms with Crippen LogP contribution in [-0.4, -0.2) is 97.1 Å². The van der Waals surface area contributed by atoms with Gasteiger partial charge in [-0.05, 0) is 53.6 Å². The minimum atomic E-state index is -3.65. The molecule has 49 heavy (non-hydrogen) atoms. The van der Waals surface area contributed by atoms with Gasteiger partial charge in [0.2, 0.25) is 0 Å². The fourth-order valence-corrected chi connectivity index (χ4v) is 8.94. The van der Waals surface area contributed by atoms with Crippen molar-refractivity contribution in [3.63, 3.8) is 0 Å². The van der Waals surface area contributed by atoms with Gasteiger partial charge in [-0.3, -0.25) is 14.7 Å². The number of nitrogens with zero attached hydrogens (tertiary/aromatic N) is 6. The van der Waals surface area contributed by atoms with Gasteiger partial charge < -0.3 is 9.47 Å². The fraction of sp³-hybridized carbons (Fsp3) is 0.300. The molecule has 2 fully saturated rings. The Balaban J connectivity index is 0.824. The highest BCUT2D eigenvalue weighted by atomic mass is 32.2. The maximum absolute atomic E-state index is 13.4. The van der Waals surface area contributed by atoms with Crippen LogP contribution >= 0.6 is 0 Å². The molecule has 8 nitrogen and oxygen atoms in total. The van der Waals surface area contributed by atoms with Crippen LogP contribution in [0.4, 0.5) is 5.69 Å². The summed E-state index contributed by atoms with van der Waals surface area (Å²) >= 11 is 0. The zero-order valence-corrected chi connectivity index (χ0v) is 28.8. The molecule has 0 saturated carbocycles. The van der Waals surface area contributed by atoms with Crippen LogP contribution in [0.1, 0.15) is 11.1 Å².